The third-order valence-corrected chi connectivity index (χ3v) is 2.96. The fraction of sp³-hybridized carbons (Fsp3) is 0.875. The Morgan fingerprint density at radius 3 is 2.92 bits per heavy atom. The highest BCUT2D eigenvalue weighted by Gasteiger charge is 2.62. The van der Waals surface area contributed by atoms with Crippen LogP contribution in [0.25, 0.3) is 0 Å². The molecule has 4 heteroatoms. The van der Waals surface area contributed by atoms with Crippen LogP contribution in [0, 0.1) is 17.8 Å². The van der Waals surface area contributed by atoms with Crippen molar-refractivity contribution in [1.82, 2.24) is 5.32 Å². The van der Waals surface area contributed by atoms with Gasteiger partial charge in [-0.25, -0.2) is 0 Å². The minimum absolute atomic E-state index is 0.00194. The van der Waals surface area contributed by atoms with Crippen LogP contribution in [0.4, 0.5) is 4.39 Å². The van der Waals surface area contributed by atoms with Crippen molar-refractivity contribution >= 4 is 5.91 Å². The first-order valence-electron chi connectivity index (χ1n) is 4.26. The lowest BCUT2D eigenvalue weighted by atomic mass is 10.1. The zero-order valence-corrected chi connectivity index (χ0v) is 6.66. The number of aliphatic hydroxyl groups excluding tert-OH is 1. The van der Waals surface area contributed by atoms with Crippen LogP contribution >= 0.6 is 0 Å². The molecule has 4 unspecified atom stereocenters. The summed E-state index contributed by atoms with van der Waals surface area (Å²) in [6, 6.07) is -0.112. The van der Waals surface area contributed by atoms with Gasteiger partial charge in [-0.05, 0) is 18.3 Å². The number of piperidine rings is 1. The van der Waals surface area contributed by atoms with Crippen molar-refractivity contribution < 1.29 is 14.3 Å². The second-order valence-corrected chi connectivity index (χ2v) is 3.54. The Kier molecular flexibility index (Phi) is 1.79. The van der Waals surface area contributed by atoms with Gasteiger partial charge in [0, 0.05) is 5.92 Å². The van der Waals surface area contributed by atoms with Crippen molar-refractivity contribution in [1.29, 1.82) is 0 Å². The van der Waals surface area contributed by atoms with Crippen molar-refractivity contribution in [3.63, 3.8) is 0 Å². The quantitative estimate of drug-likeness (QED) is 0.615. The Labute approximate surface area is 70.0 Å². The lowest BCUT2D eigenvalue weighted by molar-refractivity contribution is -0.121. The number of carbonyl (C=O) groups is 1. The van der Waals surface area contributed by atoms with Crippen molar-refractivity contribution in [2.45, 2.75) is 12.5 Å². The lowest BCUT2D eigenvalue weighted by Crippen LogP contribution is -2.35. The molecule has 0 aromatic heterocycles. The van der Waals surface area contributed by atoms with E-state index in [0.29, 0.717) is 6.42 Å². The summed E-state index contributed by atoms with van der Waals surface area (Å²) >= 11 is 0. The zero-order chi connectivity index (χ0) is 8.72. The average molecular weight is 173 g/mol. The van der Waals surface area contributed by atoms with Gasteiger partial charge in [0.1, 0.15) is 0 Å². The Morgan fingerprint density at radius 2 is 2.33 bits per heavy atom. The normalized spacial score (nSPS) is 44.0. The molecular formula is C8H12FNO2. The molecule has 1 aliphatic heterocycles. The van der Waals surface area contributed by atoms with Crippen LogP contribution in [0.3, 0.4) is 0 Å². The molecule has 0 radical (unpaired) electrons. The van der Waals surface area contributed by atoms with E-state index in [1.54, 1.807) is 0 Å². The summed E-state index contributed by atoms with van der Waals surface area (Å²) in [4.78, 5) is 11.1. The molecule has 1 amide bonds. The fourth-order valence-electron chi connectivity index (χ4n) is 2.36. The number of nitrogens with one attached hydrogen (secondary N) is 1. The largest absolute Gasteiger partial charge is 0.394 e. The monoisotopic (exact) mass is 173 g/mol. The summed E-state index contributed by atoms with van der Waals surface area (Å²) in [5.74, 6) is 0.398. The molecule has 0 spiro atoms. The summed E-state index contributed by atoms with van der Waals surface area (Å²) in [5.41, 5.74) is 0. The molecular weight excluding hydrogens is 161 g/mol. The molecule has 68 valence electrons. The summed E-state index contributed by atoms with van der Waals surface area (Å²) < 4.78 is 12.0. The van der Waals surface area contributed by atoms with Crippen LogP contribution in [0.1, 0.15) is 6.42 Å². The first-order valence-corrected chi connectivity index (χ1v) is 4.26. The third kappa shape index (κ3) is 0.941. The van der Waals surface area contributed by atoms with Crippen LogP contribution in [-0.2, 0) is 4.79 Å². The van der Waals surface area contributed by atoms with Crippen LogP contribution in [-0.4, -0.2) is 30.3 Å². The maximum absolute atomic E-state index is 12.0. The Bertz CT molecular complexity index is 209. The van der Waals surface area contributed by atoms with Crippen molar-refractivity contribution in [2.75, 3.05) is 13.3 Å². The van der Waals surface area contributed by atoms with Gasteiger partial charge in [0.15, 0.2) is 0 Å². The minimum Gasteiger partial charge on any atom is -0.394 e. The highest BCUT2D eigenvalue weighted by molar-refractivity contribution is 5.85. The van der Waals surface area contributed by atoms with Gasteiger partial charge >= 0.3 is 0 Å². The molecule has 2 rings (SSSR count). The predicted molar refractivity (Wildman–Crippen MR) is 40.1 cm³/mol. The molecule has 1 heterocycles. The summed E-state index contributed by atoms with van der Waals surface area (Å²) in [6.45, 7) is -0.376. The maximum Gasteiger partial charge on any atom is 0.224 e. The molecule has 2 N–H and O–H groups in total. The Balaban J connectivity index is 1.98. The highest BCUT2D eigenvalue weighted by atomic mass is 19.1. The van der Waals surface area contributed by atoms with Crippen LogP contribution in [0.5, 0.6) is 0 Å². The van der Waals surface area contributed by atoms with Gasteiger partial charge in [-0.15, -0.1) is 0 Å². The molecule has 1 saturated heterocycles. The van der Waals surface area contributed by atoms with Gasteiger partial charge < -0.3 is 10.4 Å². The van der Waals surface area contributed by atoms with E-state index in [1.165, 1.54) is 0 Å². The van der Waals surface area contributed by atoms with E-state index in [-0.39, 0.29) is 43.0 Å². The molecule has 2 fully saturated rings. The standard InChI is InChI=1S/C8H12FNO2/c9-2-1-4-6-5(3-11)10-8(12)7(4)6/h4-7,11H,1-3H2,(H,10,12). The number of amides is 1. The number of hydrogen-bond acceptors (Lipinski definition) is 2. The number of rotatable bonds is 3. The Hall–Kier alpha value is -0.640. The topological polar surface area (TPSA) is 49.3 Å². The van der Waals surface area contributed by atoms with Crippen LogP contribution in [0.2, 0.25) is 0 Å². The molecule has 1 saturated carbocycles. The van der Waals surface area contributed by atoms with Gasteiger partial charge in [0.05, 0.1) is 19.3 Å². The van der Waals surface area contributed by atoms with Gasteiger partial charge in [0.2, 0.25) is 5.91 Å². The number of aliphatic hydroxyl groups is 1. The number of fused-ring (bicyclic) bond motifs is 1. The lowest BCUT2D eigenvalue weighted by Gasteiger charge is -2.11. The zero-order valence-electron chi connectivity index (χ0n) is 6.66. The SMILES string of the molecule is O=C1NC(CO)C2C(CCF)C12. The van der Waals surface area contributed by atoms with E-state index in [9.17, 15) is 9.18 Å². The molecule has 3 nitrogen and oxygen atoms in total. The van der Waals surface area contributed by atoms with E-state index >= 15 is 0 Å². The molecule has 1 aliphatic carbocycles. The van der Waals surface area contributed by atoms with Gasteiger partial charge in [0.25, 0.3) is 0 Å². The predicted octanol–water partition coefficient (Wildman–Crippen LogP) is -0.301. The summed E-state index contributed by atoms with van der Waals surface area (Å²) in [7, 11) is 0. The minimum atomic E-state index is -0.358. The van der Waals surface area contributed by atoms with Gasteiger partial charge in [-0.1, -0.05) is 0 Å². The second kappa shape index (κ2) is 2.69. The second-order valence-electron chi connectivity index (χ2n) is 3.54. The molecule has 0 aromatic carbocycles. The van der Waals surface area contributed by atoms with Crippen LogP contribution in [0.15, 0.2) is 0 Å². The van der Waals surface area contributed by atoms with Gasteiger partial charge in [-0.3, -0.25) is 9.18 Å². The number of carbonyl (C=O) groups excluding carboxylic acids is 1. The summed E-state index contributed by atoms with van der Waals surface area (Å²) in [6.07, 6.45) is 0.471. The van der Waals surface area contributed by atoms with Crippen molar-refractivity contribution in [2.24, 2.45) is 17.8 Å². The smallest absolute Gasteiger partial charge is 0.224 e. The third-order valence-electron chi connectivity index (χ3n) is 2.96. The van der Waals surface area contributed by atoms with Crippen LogP contribution < -0.4 is 5.32 Å². The van der Waals surface area contributed by atoms with E-state index in [4.69, 9.17) is 5.11 Å². The summed E-state index contributed by atoms with van der Waals surface area (Å²) in [5, 5.41) is 11.5. The first kappa shape index (κ1) is 7.98. The fourth-order valence-corrected chi connectivity index (χ4v) is 2.36. The number of halogens is 1. The van der Waals surface area contributed by atoms with E-state index in [2.05, 4.69) is 5.32 Å². The Morgan fingerprint density at radius 1 is 1.58 bits per heavy atom. The molecule has 12 heavy (non-hydrogen) atoms. The molecule has 2 aliphatic rings. The maximum atomic E-state index is 12.0. The average Bonchev–Trinajstić information content (AvgIpc) is 2.64. The van der Waals surface area contributed by atoms with E-state index in [1.807, 2.05) is 0 Å². The molecule has 4 atom stereocenters. The number of hydrogen-bond donors (Lipinski definition) is 2. The molecule has 0 aromatic rings. The number of alkyl halides is 1. The molecule has 0 bridgehead atoms. The first-order chi connectivity index (χ1) is 5.79. The van der Waals surface area contributed by atoms with E-state index < -0.39 is 0 Å². The van der Waals surface area contributed by atoms with Gasteiger partial charge in [-0.2, -0.15) is 0 Å². The highest BCUT2D eigenvalue weighted by Crippen LogP contribution is 2.54. The van der Waals surface area contributed by atoms with E-state index in [0.717, 1.165) is 0 Å². The van der Waals surface area contributed by atoms with Crippen molar-refractivity contribution in [3.05, 3.63) is 0 Å². The van der Waals surface area contributed by atoms with Crippen molar-refractivity contribution in [3.8, 4) is 0 Å².